The number of ketones is 2. The smallest absolute Gasteiger partial charge is 0.236 e. The molecule has 1 amide bonds. The van der Waals surface area contributed by atoms with Crippen LogP contribution in [0.1, 0.15) is 35.7 Å². The van der Waals surface area contributed by atoms with Gasteiger partial charge in [-0.25, -0.2) is 4.39 Å². The van der Waals surface area contributed by atoms with Gasteiger partial charge < -0.3 is 5.32 Å². The van der Waals surface area contributed by atoms with Crippen LogP contribution < -0.4 is 5.32 Å². The molecule has 3 rings (SSSR count). The van der Waals surface area contributed by atoms with Gasteiger partial charge in [-0.2, -0.15) is 0 Å². The molecular formula is C26H24FNO3. The number of anilines is 1. The Kier molecular flexibility index (Phi) is 7.08. The first-order chi connectivity index (χ1) is 14.9. The second-order valence-electron chi connectivity index (χ2n) is 7.65. The molecule has 4 nitrogen and oxygen atoms in total. The van der Waals surface area contributed by atoms with Crippen LogP contribution in [-0.4, -0.2) is 17.5 Å². The molecule has 0 radical (unpaired) electrons. The Hall–Kier alpha value is -3.60. The van der Waals surface area contributed by atoms with Gasteiger partial charge in [-0.1, -0.05) is 62.4 Å². The van der Waals surface area contributed by atoms with E-state index in [0.29, 0.717) is 11.3 Å². The zero-order valence-electron chi connectivity index (χ0n) is 17.4. The zero-order valence-corrected chi connectivity index (χ0v) is 17.4. The van der Waals surface area contributed by atoms with E-state index in [4.69, 9.17) is 0 Å². The number of Topliss-reactive ketones (excluding diaryl/α,β-unsaturated/α-hetero) is 2. The molecule has 0 aliphatic heterocycles. The minimum atomic E-state index is -1.24. The lowest BCUT2D eigenvalue weighted by Crippen LogP contribution is -2.40. The molecule has 1 N–H and O–H groups in total. The van der Waals surface area contributed by atoms with E-state index in [9.17, 15) is 18.8 Å². The van der Waals surface area contributed by atoms with Crippen LogP contribution in [0.3, 0.4) is 0 Å². The van der Waals surface area contributed by atoms with Crippen LogP contribution in [0, 0.1) is 17.7 Å². The van der Waals surface area contributed by atoms with Crippen molar-refractivity contribution in [3.05, 3.63) is 102 Å². The average molecular weight is 424 g/mol. The van der Waals surface area contributed by atoms with Gasteiger partial charge in [0.2, 0.25) is 5.91 Å². The number of amides is 1. The van der Waals surface area contributed by atoms with E-state index in [1.54, 1.807) is 68.4 Å². The summed E-state index contributed by atoms with van der Waals surface area (Å²) >= 11 is 0. The van der Waals surface area contributed by atoms with Crippen LogP contribution >= 0.6 is 0 Å². The maximum absolute atomic E-state index is 13.5. The summed E-state index contributed by atoms with van der Waals surface area (Å²) in [4.78, 5) is 40.1. The van der Waals surface area contributed by atoms with Gasteiger partial charge >= 0.3 is 0 Å². The summed E-state index contributed by atoms with van der Waals surface area (Å²) < 4.78 is 13.4. The molecule has 5 heteroatoms. The van der Waals surface area contributed by atoms with Gasteiger partial charge in [0.1, 0.15) is 17.5 Å². The molecule has 0 heterocycles. The van der Waals surface area contributed by atoms with Gasteiger partial charge in [-0.15, -0.1) is 0 Å². The van der Waals surface area contributed by atoms with E-state index in [1.165, 1.54) is 24.3 Å². The largest absolute Gasteiger partial charge is 0.325 e. The van der Waals surface area contributed by atoms with E-state index >= 15 is 0 Å². The first kappa shape index (κ1) is 22.1. The molecule has 3 aromatic rings. The summed E-state index contributed by atoms with van der Waals surface area (Å²) in [5, 5.41) is 2.77. The van der Waals surface area contributed by atoms with Crippen molar-refractivity contribution >= 4 is 23.2 Å². The number of para-hydroxylation sites is 1. The Morgan fingerprint density at radius 2 is 1.32 bits per heavy atom. The fourth-order valence-electron chi connectivity index (χ4n) is 3.49. The molecule has 0 saturated heterocycles. The number of rotatable bonds is 8. The topological polar surface area (TPSA) is 63.2 Å². The van der Waals surface area contributed by atoms with Gasteiger partial charge in [-0.3, -0.25) is 14.4 Å². The molecule has 31 heavy (non-hydrogen) atoms. The fourth-order valence-corrected chi connectivity index (χ4v) is 3.49. The van der Waals surface area contributed by atoms with E-state index in [-0.39, 0.29) is 11.3 Å². The van der Waals surface area contributed by atoms with Crippen LogP contribution in [0.15, 0.2) is 84.9 Å². The molecule has 0 spiro atoms. The van der Waals surface area contributed by atoms with Crippen LogP contribution in [0.4, 0.5) is 10.1 Å². The van der Waals surface area contributed by atoms with Crippen molar-refractivity contribution in [2.45, 2.75) is 19.8 Å². The molecule has 0 aromatic heterocycles. The van der Waals surface area contributed by atoms with Crippen LogP contribution in [0.5, 0.6) is 0 Å². The van der Waals surface area contributed by atoms with E-state index in [1.807, 2.05) is 6.07 Å². The maximum Gasteiger partial charge on any atom is 0.236 e. The van der Waals surface area contributed by atoms with Crippen LogP contribution in [0.25, 0.3) is 0 Å². The normalized spacial score (nSPS) is 12.8. The number of carbonyl (C=O) groups is 3. The van der Waals surface area contributed by atoms with Gasteiger partial charge in [0, 0.05) is 17.2 Å². The predicted molar refractivity (Wildman–Crippen MR) is 118 cm³/mol. The lowest BCUT2D eigenvalue weighted by molar-refractivity contribution is -0.133. The molecule has 0 saturated carbocycles. The third-order valence-electron chi connectivity index (χ3n) is 5.10. The first-order valence-electron chi connectivity index (χ1n) is 10.1. The van der Waals surface area contributed by atoms with Gasteiger partial charge in [-0.05, 0) is 42.0 Å². The molecule has 0 aliphatic carbocycles. The lowest BCUT2D eigenvalue weighted by Gasteiger charge is -2.26. The highest BCUT2D eigenvalue weighted by Crippen LogP contribution is 2.32. The Morgan fingerprint density at radius 3 is 1.87 bits per heavy atom. The SMILES string of the molecule is CC(C)C(=O)C(C(=O)Nc1ccccc1)[13CH](C(=O)c1ccc(F)cc1)[13c]1[13cH][13cH][13cH][13cH][13cH]1. The highest BCUT2D eigenvalue weighted by molar-refractivity contribution is 6.14. The summed E-state index contributed by atoms with van der Waals surface area (Å²) in [7, 11) is 0. The van der Waals surface area contributed by atoms with Crippen LogP contribution in [0.2, 0.25) is 0 Å². The highest BCUT2D eigenvalue weighted by atomic mass is 19.1. The van der Waals surface area contributed by atoms with E-state index < -0.39 is 35.3 Å². The van der Waals surface area contributed by atoms with E-state index in [2.05, 4.69) is 5.32 Å². The third kappa shape index (κ3) is 5.31. The number of hydrogen-bond donors (Lipinski definition) is 1. The fraction of sp³-hybridized carbons (Fsp3) is 0.192. The van der Waals surface area contributed by atoms with Crippen molar-refractivity contribution in [2.75, 3.05) is 5.32 Å². The number of halogens is 1. The maximum atomic E-state index is 13.5. The molecule has 158 valence electrons. The number of nitrogens with one attached hydrogen (secondary N) is 1. The quantitative estimate of drug-likeness (QED) is 0.304. The Labute approximate surface area is 181 Å². The van der Waals surface area contributed by atoms with Crippen molar-refractivity contribution in [1.29, 1.82) is 0 Å². The minimum Gasteiger partial charge on any atom is -0.325 e. The molecule has 3 aromatic carbocycles. The van der Waals surface area contributed by atoms with Gasteiger partial charge in [0.05, 0.1) is 5.92 Å². The molecule has 2 unspecified atom stereocenters. The molecule has 0 fully saturated rings. The number of hydrogen-bond acceptors (Lipinski definition) is 3. The van der Waals surface area contributed by atoms with Crippen LogP contribution in [-0.2, 0) is 9.59 Å². The van der Waals surface area contributed by atoms with Crippen molar-refractivity contribution in [1.82, 2.24) is 0 Å². The number of benzene rings is 3. The van der Waals surface area contributed by atoms with Crippen molar-refractivity contribution < 1.29 is 18.8 Å². The number of carbonyl (C=O) groups excluding carboxylic acids is 3. The molecular weight excluding hydrogens is 400 g/mol. The second kappa shape index (κ2) is 9.94. The zero-order chi connectivity index (χ0) is 22.4. The summed E-state index contributed by atoms with van der Waals surface area (Å²) in [6.45, 7) is 3.41. The van der Waals surface area contributed by atoms with Crippen molar-refractivity contribution in [2.24, 2.45) is 11.8 Å². The van der Waals surface area contributed by atoms with Crippen molar-refractivity contribution in [3.63, 3.8) is 0 Å². The predicted octanol–water partition coefficient (Wildman–Crippen LogP) is 5.27. The average Bonchev–Trinajstić information content (AvgIpc) is 2.78. The summed E-state index contributed by atoms with van der Waals surface area (Å²) in [6, 6.07) is 22.7. The second-order valence-corrected chi connectivity index (χ2v) is 7.65. The standard InChI is InChI=1S/C26H24FNO3/c1-17(2)24(29)23(26(31)28-21-11-7-4-8-12-21)22(18-9-5-3-6-10-18)25(30)19-13-15-20(27)16-14-19/h3-17,22-23H,1-2H3,(H,28,31)/i3+1,5+1,6+1,9+1,10+1,18+1,22+1. The van der Waals surface area contributed by atoms with Gasteiger partial charge in [0.25, 0.3) is 0 Å². The monoisotopic (exact) mass is 424 g/mol. The summed E-state index contributed by atoms with van der Waals surface area (Å²) in [5.41, 5.74) is 1.33. The summed E-state index contributed by atoms with van der Waals surface area (Å²) in [6.07, 6.45) is 0. The highest BCUT2D eigenvalue weighted by Gasteiger charge is 2.41. The molecule has 2 atom stereocenters. The molecule has 0 bridgehead atoms. The lowest BCUT2D eigenvalue weighted by atomic mass is 9.94. The molecule has 0 aliphatic rings. The minimum absolute atomic E-state index is 0.240. The Bertz CT molecular complexity index is 1050. The van der Waals surface area contributed by atoms with E-state index in [0.717, 1.165) is 0 Å². The Morgan fingerprint density at radius 1 is 0.774 bits per heavy atom. The summed E-state index contributed by atoms with van der Waals surface area (Å²) in [5.74, 6) is -4.49. The van der Waals surface area contributed by atoms with Crippen molar-refractivity contribution in [3.8, 4) is 0 Å². The first-order valence-corrected chi connectivity index (χ1v) is 10.1. The third-order valence-corrected chi connectivity index (χ3v) is 5.10. The Balaban J connectivity index is 2.08. The van der Waals surface area contributed by atoms with Gasteiger partial charge in [0.15, 0.2) is 5.78 Å².